The standard InChI is InChI=1S/C15H30N2O4.C4H8O/c1-15(2,3)21-14(19)17-8-5-13(6-9-17)16-7-12-20-11-4-10-18;5-4-2-1-3-4/h13,16,18H,4-12H2,1-3H3;4-5H,1-3H2. The Hall–Kier alpha value is -0.890. The molecule has 7 heteroatoms. The molecule has 1 saturated carbocycles. The van der Waals surface area contributed by atoms with Gasteiger partial charge in [-0.15, -0.1) is 0 Å². The fraction of sp³-hybridized carbons (Fsp3) is 0.947. The maximum Gasteiger partial charge on any atom is 0.410 e. The van der Waals surface area contributed by atoms with Gasteiger partial charge in [-0.25, -0.2) is 4.79 Å². The summed E-state index contributed by atoms with van der Waals surface area (Å²) in [7, 11) is 0. The fourth-order valence-corrected chi connectivity index (χ4v) is 2.58. The fourth-order valence-electron chi connectivity index (χ4n) is 2.58. The van der Waals surface area contributed by atoms with Crippen LogP contribution in [-0.2, 0) is 9.47 Å². The second kappa shape index (κ2) is 12.5. The van der Waals surface area contributed by atoms with Crippen LogP contribution in [0, 0.1) is 0 Å². The number of rotatable bonds is 7. The first-order valence-electron chi connectivity index (χ1n) is 9.90. The van der Waals surface area contributed by atoms with Crippen molar-refractivity contribution in [1.82, 2.24) is 10.2 Å². The minimum Gasteiger partial charge on any atom is -0.444 e. The summed E-state index contributed by atoms with van der Waals surface area (Å²) in [5.74, 6) is 0. The molecular weight excluding hydrogens is 336 g/mol. The summed E-state index contributed by atoms with van der Waals surface area (Å²) in [6, 6.07) is 0.435. The van der Waals surface area contributed by atoms with Gasteiger partial charge in [-0.2, -0.15) is 0 Å². The molecule has 1 heterocycles. The summed E-state index contributed by atoms with van der Waals surface area (Å²) in [5, 5.41) is 20.5. The minimum absolute atomic E-state index is 0.0648. The van der Waals surface area contributed by atoms with Gasteiger partial charge in [-0.05, 0) is 59.3 Å². The lowest BCUT2D eigenvalue weighted by Gasteiger charge is -2.33. The van der Waals surface area contributed by atoms with Crippen molar-refractivity contribution in [2.24, 2.45) is 0 Å². The molecule has 0 atom stereocenters. The maximum atomic E-state index is 11.9. The Morgan fingerprint density at radius 3 is 2.23 bits per heavy atom. The van der Waals surface area contributed by atoms with E-state index in [9.17, 15) is 4.79 Å². The van der Waals surface area contributed by atoms with Gasteiger partial charge in [0, 0.05) is 38.9 Å². The van der Waals surface area contributed by atoms with Crippen molar-refractivity contribution in [1.29, 1.82) is 0 Å². The van der Waals surface area contributed by atoms with Crippen LogP contribution in [0.3, 0.4) is 0 Å². The van der Waals surface area contributed by atoms with Crippen LogP contribution in [0.15, 0.2) is 0 Å². The third-order valence-corrected chi connectivity index (χ3v) is 4.35. The van der Waals surface area contributed by atoms with Gasteiger partial charge >= 0.3 is 6.09 Å². The maximum absolute atomic E-state index is 11.9. The molecule has 1 aliphatic heterocycles. The molecule has 3 N–H and O–H groups in total. The number of piperidine rings is 1. The van der Waals surface area contributed by atoms with Gasteiger partial charge in [-0.1, -0.05) is 0 Å². The average Bonchev–Trinajstić information content (AvgIpc) is 2.56. The summed E-state index contributed by atoms with van der Waals surface area (Å²) in [4.78, 5) is 13.7. The highest BCUT2D eigenvalue weighted by atomic mass is 16.6. The van der Waals surface area contributed by atoms with Crippen molar-refractivity contribution >= 4 is 6.09 Å². The molecule has 0 radical (unpaired) electrons. The minimum atomic E-state index is -0.432. The van der Waals surface area contributed by atoms with Crippen LogP contribution in [0.25, 0.3) is 0 Å². The van der Waals surface area contributed by atoms with E-state index in [1.807, 2.05) is 20.8 Å². The Kier molecular flexibility index (Phi) is 11.1. The summed E-state index contributed by atoms with van der Waals surface area (Å²) in [6.45, 7) is 9.37. The van der Waals surface area contributed by atoms with E-state index in [1.54, 1.807) is 4.90 Å². The molecule has 154 valence electrons. The molecule has 2 fully saturated rings. The first-order valence-corrected chi connectivity index (χ1v) is 9.90. The van der Waals surface area contributed by atoms with Crippen LogP contribution in [0.4, 0.5) is 4.79 Å². The van der Waals surface area contributed by atoms with Crippen molar-refractivity contribution in [2.75, 3.05) is 39.5 Å². The molecule has 1 saturated heterocycles. The molecule has 1 aliphatic carbocycles. The number of aliphatic hydroxyl groups is 2. The zero-order chi connectivity index (χ0) is 19.4. The van der Waals surface area contributed by atoms with Crippen LogP contribution >= 0.6 is 0 Å². The molecule has 7 nitrogen and oxygen atoms in total. The number of carbonyl (C=O) groups is 1. The Bertz CT molecular complexity index is 375. The third-order valence-electron chi connectivity index (χ3n) is 4.35. The molecule has 26 heavy (non-hydrogen) atoms. The van der Waals surface area contributed by atoms with E-state index >= 15 is 0 Å². The summed E-state index contributed by atoms with van der Waals surface area (Å²) in [5.41, 5.74) is -0.432. The quantitative estimate of drug-likeness (QED) is 0.590. The summed E-state index contributed by atoms with van der Waals surface area (Å²) in [6.07, 6.45) is 5.74. The molecule has 0 aromatic carbocycles. The molecule has 2 rings (SSSR count). The van der Waals surface area contributed by atoms with Gasteiger partial charge in [0.05, 0.1) is 12.7 Å². The number of carbonyl (C=O) groups excluding carboxylic acids is 1. The Morgan fingerprint density at radius 1 is 1.15 bits per heavy atom. The van der Waals surface area contributed by atoms with Gasteiger partial charge in [-0.3, -0.25) is 0 Å². The second-order valence-corrected chi connectivity index (χ2v) is 7.97. The zero-order valence-electron chi connectivity index (χ0n) is 16.7. The van der Waals surface area contributed by atoms with E-state index in [2.05, 4.69) is 5.32 Å². The first-order chi connectivity index (χ1) is 12.3. The van der Waals surface area contributed by atoms with Crippen molar-refractivity contribution in [2.45, 2.75) is 77.0 Å². The molecule has 0 bridgehead atoms. The number of hydrogen-bond acceptors (Lipinski definition) is 6. The van der Waals surface area contributed by atoms with Crippen LogP contribution in [0.1, 0.15) is 59.3 Å². The van der Waals surface area contributed by atoms with Crippen LogP contribution in [0.5, 0.6) is 0 Å². The first kappa shape index (κ1) is 23.1. The molecule has 0 spiro atoms. The monoisotopic (exact) mass is 374 g/mol. The van der Waals surface area contributed by atoms with Crippen molar-refractivity contribution in [3.05, 3.63) is 0 Å². The van der Waals surface area contributed by atoms with E-state index < -0.39 is 5.60 Å². The van der Waals surface area contributed by atoms with Crippen LogP contribution in [-0.4, -0.2) is 78.4 Å². The van der Waals surface area contributed by atoms with Gasteiger partial charge in [0.1, 0.15) is 5.60 Å². The van der Waals surface area contributed by atoms with Crippen molar-refractivity contribution in [3.8, 4) is 0 Å². The molecular formula is C19H38N2O5. The number of amides is 1. The number of nitrogens with zero attached hydrogens (tertiary/aromatic N) is 1. The van der Waals surface area contributed by atoms with Crippen molar-refractivity contribution in [3.63, 3.8) is 0 Å². The Morgan fingerprint density at radius 2 is 1.77 bits per heavy atom. The number of aliphatic hydroxyl groups excluding tert-OH is 2. The summed E-state index contributed by atoms with van der Waals surface area (Å²) >= 11 is 0. The van der Waals surface area contributed by atoms with E-state index in [0.717, 1.165) is 45.3 Å². The lowest BCUT2D eigenvalue weighted by molar-refractivity contribution is 0.0195. The number of nitrogens with one attached hydrogen (secondary N) is 1. The molecule has 0 aromatic heterocycles. The highest BCUT2D eigenvalue weighted by Gasteiger charge is 2.26. The van der Waals surface area contributed by atoms with Gasteiger partial charge in [0.2, 0.25) is 0 Å². The third kappa shape index (κ3) is 11.0. The highest BCUT2D eigenvalue weighted by molar-refractivity contribution is 5.68. The number of hydrogen-bond donors (Lipinski definition) is 3. The molecule has 0 aromatic rings. The number of ether oxygens (including phenoxy) is 2. The molecule has 2 aliphatic rings. The zero-order valence-corrected chi connectivity index (χ0v) is 16.7. The Labute approximate surface area is 158 Å². The summed E-state index contributed by atoms with van der Waals surface area (Å²) < 4.78 is 10.7. The molecule has 1 amide bonds. The molecule has 0 unspecified atom stereocenters. The van der Waals surface area contributed by atoms with E-state index in [4.69, 9.17) is 19.7 Å². The SMILES string of the molecule is CC(C)(C)OC(=O)N1CCC(NCCOCCCO)CC1.OC1CCC1. The predicted molar refractivity (Wildman–Crippen MR) is 101 cm³/mol. The topological polar surface area (TPSA) is 91.3 Å². The van der Waals surface area contributed by atoms with Crippen molar-refractivity contribution < 1.29 is 24.5 Å². The normalized spacial score (nSPS) is 18.7. The largest absolute Gasteiger partial charge is 0.444 e. The van der Waals surface area contributed by atoms with E-state index in [-0.39, 0.29) is 18.8 Å². The van der Waals surface area contributed by atoms with Gasteiger partial charge in [0.25, 0.3) is 0 Å². The van der Waals surface area contributed by atoms with E-state index in [0.29, 0.717) is 25.7 Å². The van der Waals surface area contributed by atoms with E-state index in [1.165, 1.54) is 6.42 Å². The predicted octanol–water partition coefficient (Wildman–Crippen LogP) is 1.91. The smallest absolute Gasteiger partial charge is 0.410 e. The van der Waals surface area contributed by atoms with Gasteiger partial charge in [0.15, 0.2) is 0 Å². The van der Waals surface area contributed by atoms with Gasteiger partial charge < -0.3 is 29.9 Å². The lowest BCUT2D eigenvalue weighted by atomic mass is 9.97. The number of likely N-dealkylation sites (tertiary alicyclic amines) is 1. The highest BCUT2D eigenvalue weighted by Crippen LogP contribution is 2.16. The van der Waals surface area contributed by atoms with Crippen LogP contribution < -0.4 is 5.32 Å². The van der Waals surface area contributed by atoms with Crippen LogP contribution in [0.2, 0.25) is 0 Å². The average molecular weight is 375 g/mol. The lowest BCUT2D eigenvalue weighted by Crippen LogP contribution is -2.47. The second-order valence-electron chi connectivity index (χ2n) is 7.97. The Balaban J connectivity index is 0.000000577.